The van der Waals surface area contributed by atoms with E-state index in [-0.39, 0.29) is 5.91 Å². The molecule has 0 spiro atoms. The SMILES string of the molecule is COc1cc(C)c(NC(=O)c2cc(Br)ccc2I)cc1OC. The zero-order chi connectivity index (χ0) is 16.3. The number of nitrogens with one attached hydrogen (secondary N) is 1. The number of carbonyl (C=O) groups excluding carboxylic acids is 1. The van der Waals surface area contributed by atoms with Gasteiger partial charge in [-0.25, -0.2) is 0 Å². The Morgan fingerprint density at radius 3 is 2.41 bits per heavy atom. The van der Waals surface area contributed by atoms with E-state index in [9.17, 15) is 4.79 Å². The van der Waals surface area contributed by atoms with E-state index >= 15 is 0 Å². The summed E-state index contributed by atoms with van der Waals surface area (Å²) in [6, 6.07) is 9.19. The molecule has 0 aliphatic heterocycles. The lowest BCUT2D eigenvalue weighted by Gasteiger charge is -2.14. The highest BCUT2D eigenvalue weighted by molar-refractivity contribution is 14.1. The highest BCUT2D eigenvalue weighted by atomic mass is 127. The number of halogens is 2. The van der Waals surface area contributed by atoms with Crippen molar-refractivity contribution in [2.45, 2.75) is 6.92 Å². The summed E-state index contributed by atoms with van der Waals surface area (Å²) < 4.78 is 12.3. The van der Waals surface area contributed by atoms with Crippen LogP contribution in [-0.2, 0) is 0 Å². The minimum absolute atomic E-state index is 0.166. The van der Waals surface area contributed by atoms with E-state index < -0.39 is 0 Å². The Labute approximate surface area is 151 Å². The first kappa shape index (κ1) is 17.1. The minimum Gasteiger partial charge on any atom is -0.493 e. The van der Waals surface area contributed by atoms with Crippen LogP contribution in [-0.4, -0.2) is 20.1 Å². The van der Waals surface area contributed by atoms with Crippen LogP contribution in [0.25, 0.3) is 0 Å². The van der Waals surface area contributed by atoms with Gasteiger partial charge in [-0.05, 0) is 59.3 Å². The van der Waals surface area contributed by atoms with E-state index in [1.165, 1.54) is 0 Å². The van der Waals surface area contributed by atoms with Crippen LogP contribution >= 0.6 is 38.5 Å². The van der Waals surface area contributed by atoms with E-state index in [4.69, 9.17) is 9.47 Å². The number of aryl methyl sites for hydroxylation is 1. The first-order valence-corrected chi connectivity index (χ1v) is 8.32. The third-order valence-electron chi connectivity index (χ3n) is 3.15. The topological polar surface area (TPSA) is 47.6 Å². The van der Waals surface area contributed by atoms with Crippen molar-refractivity contribution in [1.82, 2.24) is 0 Å². The predicted molar refractivity (Wildman–Crippen MR) is 99.1 cm³/mol. The maximum atomic E-state index is 12.5. The summed E-state index contributed by atoms with van der Waals surface area (Å²) in [6.07, 6.45) is 0. The largest absolute Gasteiger partial charge is 0.493 e. The molecule has 0 atom stereocenters. The molecule has 0 fully saturated rings. The second-order valence-corrected chi connectivity index (χ2v) is 6.68. The Bertz CT molecular complexity index is 719. The number of anilines is 1. The van der Waals surface area contributed by atoms with Crippen molar-refractivity contribution in [3.05, 3.63) is 49.5 Å². The highest BCUT2D eigenvalue weighted by Crippen LogP contribution is 2.33. The summed E-state index contributed by atoms with van der Waals surface area (Å²) in [4.78, 5) is 12.5. The van der Waals surface area contributed by atoms with Crippen LogP contribution in [0.1, 0.15) is 15.9 Å². The van der Waals surface area contributed by atoms with Gasteiger partial charge in [0.2, 0.25) is 0 Å². The fourth-order valence-corrected chi connectivity index (χ4v) is 2.92. The lowest BCUT2D eigenvalue weighted by atomic mass is 10.1. The quantitative estimate of drug-likeness (QED) is 0.655. The van der Waals surface area contributed by atoms with Gasteiger partial charge < -0.3 is 14.8 Å². The van der Waals surface area contributed by atoms with Gasteiger partial charge in [-0.15, -0.1) is 0 Å². The monoisotopic (exact) mass is 475 g/mol. The van der Waals surface area contributed by atoms with Crippen LogP contribution < -0.4 is 14.8 Å². The number of ether oxygens (including phenoxy) is 2. The van der Waals surface area contributed by atoms with Crippen LogP contribution in [0.2, 0.25) is 0 Å². The molecule has 22 heavy (non-hydrogen) atoms. The normalized spacial score (nSPS) is 10.2. The molecule has 2 rings (SSSR count). The molecule has 2 aromatic rings. The van der Waals surface area contributed by atoms with Crippen LogP contribution in [0, 0.1) is 10.5 Å². The summed E-state index contributed by atoms with van der Waals surface area (Å²) in [5, 5.41) is 2.92. The molecule has 0 aliphatic rings. The molecule has 0 bridgehead atoms. The zero-order valence-corrected chi connectivity index (χ0v) is 16.1. The summed E-state index contributed by atoms with van der Waals surface area (Å²) >= 11 is 5.53. The third-order valence-corrected chi connectivity index (χ3v) is 4.59. The van der Waals surface area contributed by atoms with Crippen LogP contribution in [0.4, 0.5) is 5.69 Å². The van der Waals surface area contributed by atoms with Crippen molar-refractivity contribution in [2.75, 3.05) is 19.5 Å². The van der Waals surface area contributed by atoms with Crippen LogP contribution in [0.3, 0.4) is 0 Å². The highest BCUT2D eigenvalue weighted by Gasteiger charge is 2.14. The maximum absolute atomic E-state index is 12.5. The first-order valence-electron chi connectivity index (χ1n) is 6.45. The van der Waals surface area contributed by atoms with E-state index in [2.05, 4.69) is 43.8 Å². The Balaban J connectivity index is 2.34. The smallest absolute Gasteiger partial charge is 0.256 e. The van der Waals surface area contributed by atoms with Crippen molar-refractivity contribution in [1.29, 1.82) is 0 Å². The number of benzene rings is 2. The molecule has 1 amide bonds. The molecule has 0 unspecified atom stereocenters. The van der Waals surface area contributed by atoms with Gasteiger partial charge in [0.25, 0.3) is 5.91 Å². The van der Waals surface area contributed by atoms with Crippen molar-refractivity contribution in [2.24, 2.45) is 0 Å². The number of carbonyl (C=O) groups is 1. The van der Waals surface area contributed by atoms with Crippen molar-refractivity contribution < 1.29 is 14.3 Å². The predicted octanol–water partition coefficient (Wildman–Crippen LogP) is 4.63. The number of amides is 1. The fraction of sp³-hybridized carbons (Fsp3) is 0.188. The Hall–Kier alpha value is -1.28. The molecule has 0 aliphatic carbocycles. The van der Waals surface area contributed by atoms with Gasteiger partial charge in [0, 0.05) is 19.8 Å². The molecule has 6 heteroatoms. The summed E-state index contributed by atoms with van der Waals surface area (Å²) in [5.41, 5.74) is 2.21. The zero-order valence-electron chi connectivity index (χ0n) is 12.4. The average Bonchev–Trinajstić information content (AvgIpc) is 2.51. The molecule has 0 heterocycles. The van der Waals surface area contributed by atoms with Gasteiger partial charge >= 0.3 is 0 Å². The van der Waals surface area contributed by atoms with E-state index in [1.807, 2.05) is 25.1 Å². The van der Waals surface area contributed by atoms with E-state index in [1.54, 1.807) is 26.4 Å². The summed E-state index contributed by atoms with van der Waals surface area (Å²) in [7, 11) is 3.15. The molecule has 0 saturated carbocycles. The van der Waals surface area contributed by atoms with Crippen LogP contribution in [0.15, 0.2) is 34.8 Å². The van der Waals surface area contributed by atoms with Crippen molar-refractivity contribution >= 4 is 50.1 Å². The third kappa shape index (κ3) is 3.73. The van der Waals surface area contributed by atoms with E-state index in [0.717, 1.165) is 13.6 Å². The Morgan fingerprint density at radius 2 is 1.77 bits per heavy atom. The van der Waals surface area contributed by atoms with Crippen molar-refractivity contribution in [3.8, 4) is 11.5 Å². The van der Waals surface area contributed by atoms with Gasteiger partial charge in [0.15, 0.2) is 11.5 Å². The minimum atomic E-state index is -0.166. The maximum Gasteiger partial charge on any atom is 0.256 e. The molecule has 0 aromatic heterocycles. The summed E-state index contributed by atoms with van der Waals surface area (Å²) in [6.45, 7) is 1.91. The summed E-state index contributed by atoms with van der Waals surface area (Å²) in [5.74, 6) is 1.04. The second kappa shape index (κ2) is 7.32. The van der Waals surface area contributed by atoms with Crippen LogP contribution in [0.5, 0.6) is 11.5 Å². The van der Waals surface area contributed by atoms with Gasteiger partial charge in [-0.2, -0.15) is 0 Å². The molecule has 0 radical (unpaired) electrons. The van der Waals surface area contributed by atoms with E-state index in [0.29, 0.717) is 22.7 Å². The average molecular weight is 476 g/mol. The molecule has 0 saturated heterocycles. The van der Waals surface area contributed by atoms with Gasteiger partial charge in [-0.3, -0.25) is 4.79 Å². The lowest BCUT2D eigenvalue weighted by Crippen LogP contribution is -2.14. The standard InChI is InChI=1S/C16H15BrINO3/c1-9-6-14(21-2)15(22-3)8-13(9)19-16(20)11-7-10(17)4-5-12(11)18/h4-8H,1-3H3,(H,19,20). The molecule has 1 N–H and O–H groups in total. The van der Waals surface area contributed by atoms with Gasteiger partial charge in [-0.1, -0.05) is 15.9 Å². The molecule has 2 aromatic carbocycles. The van der Waals surface area contributed by atoms with Gasteiger partial charge in [0.1, 0.15) is 0 Å². The number of hydrogen-bond acceptors (Lipinski definition) is 3. The number of rotatable bonds is 4. The molecule has 116 valence electrons. The lowest BCUT2D eigenvalue weighted by molar-refractivity contribution is 0.102. The Kier molecular flexibility index (Phi) is 5.69. The fourth-order valence-electron chi connectivity index (χ4n) is 1.98. The molecule has 4 nitrogen and oxygen atoms in total. The number of hydrogen-bond donors (Lipinski definition) is 1. The van der Waals surface area contributed by atoms with Crippen molar-refractivity contribution in [3.63, 3.8) is 0 Å². The Morgan fingerprint density at radius 1 is 1.14 bits per heavy atom. The number of methoxy groups -OCH3 is 2. The van der Waals surface area contributed by atoms with Gasteiger partial charge in [0.05, 0.1) is 19.8 Å². The first-order chi connectivity index (χ1) is 10.5. The molecular formula is C16H15BrINO3. The molecular weight excluding hydrogens is 461 g/mol. The second-order valence-electron chi connectivity index (χ2n) is 4.60.